The first kappa shape index (κ1) is 20.3. The van der Waals surface area contributed by atoms with E-state index in [9.17, 15) is 9.59 Å². The summed E-state index contributed by atoms with van der Waals surface area (Å²) in [7, 11) is 7.88. The topological polar surface area (TPSA) is 71.3 Å². The summed E-state index contributed by atoms with van der Waals surface area (Å²) in [5.41, 5.74) is 4.24. The van der Waals surface area contributed by atoms with Crippen molar-refractivity contribution in [1.29, 1.82) is 0 Å². The Bertz CT molecular complexity index is 1070. The highest BCUT2D eigenvalue weighted by Gasteiger charge is 2.16. The lowest BCUT2D eigenvalue weighted by Crippen LogP contribution is -2.29. The van der Waals surface area contributed by atoms with Gasteiger partial charge in [-0.2, -0.15) is 10.1 Å². The van der Waals surface area contributed by atoms with Gasteiger partial charge in [0.2, 0.25) is 0 Å². The van der Waals surface area contributed by atoms with Crippen LogP contribution in [0.4, 0.5) is 11.4 Å². The van der Waals surface area contributed by atoms with Crippen LogP contribution in [0.2, 0.25) is 0 Å². The van der Waals surface area contributed by atoms with E-state index >= 15 is 0 Å². The van der Waals surface area contributed by atoms with Crippen LogP contribution >= 0.6 is 0 Å². The van der Waals surface area contributed by atoms with Crippen LogP contribution in [0, 0.1) is 0 Å². The predicted octanol–water partition coefficient (Wildman–Crippen LogP) is 2.69. The molecule has 7 nitrogen and oxygen atoms in total. The quantitative estimate of drug-likeness (QED) is 0.643. The highest BCUT2D eigenvalue weighted by Crippen LogP contribution is 2.29. The second-order valence-electron chi connectivity index (χ2n) is 7.33. The van der Waals surface area contributed by atoms with Crippen molar-refractivity contribution in [2.45, 2.75) is 13.5 Å². The van der Waals surface area contributed by atoms with Gasteiger partial charge in [0.1, 0.15) is 17.9 Å². The van der Waals surface area contributed by atoms with Gasteiger partial charge >= 0.3 is 5.69 Å². The average Bonchev–Trinajstić information content (AvgIpc) is 2.69. The number of rotatable bonds is 6. The summed E-state index contributed by atoms with van der Waals surface area (Å²) in [5.74, 6) is -0.154. The predicted molar refractivity (Wildman–Crippen MR) is 116 cm³/mol. The zero-order chi connectivity index (χ0) is 21.1. The third-order valence-electron chi connectivity index (χ3n) is 4.56. The molecule has 0 bridgehead atoms. The van der Waals surface area contributed by atoms with Gasteiger partial charge < -0.3 is 9.80 Å². The summed E-state index contributed by atoms with van der Waals surface area (Å²) in [6, 6.07) is 15.6. The maximum atomic E-state index is 12.5. The first-order chi connectivity index (χ1) is 13.8. The highest BCUT2D eigenvalue weighted by atomic mass is 16.2. The van der Waals surface area contributed by atoms with Gasteiger partial charge in [0.15, 0.2) is 5.78 Å². The molecule has 0 unspecified atom stereocenters. The molecule has 1 heterocycles. The molecule has 3 rings (SSSR count). The molecule has 0 atom stereocenters. The van der Waals surface area contributed by atoms with E-state index in [1.165, 1.54) is 6.92 Å². The minimum absolute atomic E-state index is 0.103. The normalized spacial score (nSPS) is 10.7. The average molecular weight is 391 g/mol. The number of nitrogens with zero attached hydrogens (tertiary/aromatic N) is 5. The molecule has 29 heavy (non-hydrogen) atoms. The summed E-state index contributed by atoms with van der Waals surface area (Å²) < 4.78 is 1.12. The van der Waals surface area contributed by atoms with Crippen LogP contribution in [0.25, 0.3) is 22.5 Å². The van der Waals surface area contributed by atoms with E-state index in [0.29, 0.717) is 11.4 Å². The highest BCUT2D eigenvalue weighted by molar-refractivity contribution is 5.79. The van der Waals surface area contributed by atoms with Gasteiger partial charge in [-0.1, -0.05) is 24.3 Å². The van der Waals surface area contributed by atoms with Gasteiger partial charge in [-0.25, -0.2) is 9.48 Å². The third-order valence-corrected chi connectivity index (χ3v) is 4.56. The van der Waals surface area contributed by atoms with Crippen LogP contribution in [0.5, 0.6) is 0 Å². The Morgan fingerprint density at radius 1 is 0.828 bits per heavy atom. The number of carbonyl (C=O) groups excluding carboxylic acids is 1. The lowest BCUT2D eigenvalue weighted by molar-refractivity contribution is -0.117. The Labute approximate surface area is 170 Å². The van der Waals surface area contributed by atoms with Gasteiger partial charge in [0.05, 0.1) is 0 Å². The summed E-state index contributed by atoms with van der Waals surface area (Å²) in [4.78, 5) is 32.3. The van der Waals surface area contributed by atoms with Gasteiger partial charge in [-0.15, -0.1) is 0 Å². The minimum Gasteiger partial charge on any atom is -0.378 e. The maximum Gasteiger partial charge on any atom is 0.365 e. The zero-order valence-electron chi connectivity index (χ0n) is 17.4. The molecule has 0 saturated carbocycles. The van der Waals surface area contributed by atoms with Crippen LogP contribution in [0.1, 0.15) is 6.92 Å². The van der Waals surface area contributed by atoms with E-state index in [0.717, 1.165) is 27.2 Å². The van der Waals surface area contributed by atoms with Gasteiger partial charge in [0, 0.05) is 50.7 Å². The van der Waals surface area contributed by atoms with E-state index in [1.54, 1.807) is 0 Å². The number of ketones is 1. The number of hydrogen-bond acceptors (Lipinski definition) is 6. The van der Waals surface area contributed by atoms with E-state index in [4.69, 9.17) is 0 Å². The maximum absolute atomic E-state index is 12.5. The lowest BCUT2D eigenvalue weighted by Gasteiger charge is -2.15. The van der Waals surface area contributed by atoms with Crippen molar-refractivity contribution in [3.8, 4) is 22.5 Å². The molecule has 2 aromatic carbocycles. The SMILES string of the molecule is CC(=O)Cn1nc(-c2ccc(N(C)C)cc2)c(-c2ccc(N(C)C)cc2)nc1=O. The standard InChI is InChI=1S/C22H25N5O2/c1-15(28)14-27-22(29)23-20(16-6-10-18(11-7-16)25(2)3)21(24-27)17-8-12-19(13-9-17)26(4)5/h6-13H,14H2,1-5H3. The molecule has 3 aromatic rings. The molecule has 0 aliphatic carbocycles. The Balaban J connectivity index is 2.17. The summed E-state index contributed by atoms with van der Waals surface area (Å²) in [6.45, 7) is 1.32. The van der Waals surface area contributed by atoms with E-state index in [2.05, 4.69) is 10.1 Å². The van der Waals surface area contributed by atoms with Crippen molar-refractivity contribution in [2.24, 2.45) is 0 Å². The zero-order valence-corrected chi connectivity index (χ0v) is 17.4. The molecule has 0 saturated heterocycles. The van der Waals surface area contributed by atoms with Crippen molar-refractivity contribution < 1.29 is 4.79 Å². The van der Waals surface area contributed by atoms with Gasteiger partial charge in [0.25, 0.3) is 0 Å². The van der Waals surface area contributed by atoms with Crippen molar-refractivity contribution in [2.75, 3.05) is 38.0 Å². The second-order valence-corrected chi connectivity index (χ2v) is 7.33. The third kappa shape index (κ3) is 4.51. The molecule has 0 radical (unpaired) electrons. The smallest absolute Gasteiger partial charge is 0.365 e. The molecule has 0 spiro atoms. The second kappa shape index (κ2) is 8.26. The lowest BCUT2D eigenvalue weighted by atomic mass is 10.0. The molecule has 7 heteroatoms. The van der Waals surface area contributed by atoms with E-state index < -0.39 is 5.69 Å². The van der Waals surface area contributed by atoms with Gasteiger partial charge in [-0.3, -0.25) is 4.79 Å². The minimum atomic E-state index is -0.541. The van der Waals surface area contributed by atoms with Crippen LogP contribution < -0.4 is 15.5 Å². The van der Waals surface area contributed by atoms with Crippen LogP contribution in [-0.4, -0.2) is 48.7 Å². The molecule has 0 N–H and O–H groups in total. The number of benzene rings is 2. The van der Waals surface area contributed by atoms with E-state index in [1.807, 2.05) is 86.5 Å². The number of anilines is 2. The summed E-state index contributed by atoms with van der Waals surface area (Å²) in [6.07, 6.45) is 0. The summed E-state index contributed by atoms with van der Waals surface area (Å²) in [5, 5.41) is 4.49. The number of aromatic nitrogens is 3. The molecule has 0 aliphatic rings. The molecule has 1 aromatic heterocycles. The first-order valence-corrected chi connectivity index (χ1v) is 9.30. The molecule has 0 aliphatic heterocycles. The Morgan fingerprint density at radius 3 is 1.69 bits per heavy atom. The number of carbonyl (C=O) groups is 1. The van der Waals surface area contributed by atoms with Gasteiger partial charge in [-0.05, 0) is 31.2 Å². The van der Waals surface area contributed by atoms with Crippen molar-refractivity contribution >= 4 is 17.2 Å². The van der Waals surface area contributed by atoms with E-state index in [-0.39, 0.29) is 12.3 Å². The summed E-state index contributed by atoms with van der Waals surface area (Å²) >= 11 is 0. The fraction of sp³-hybridized carbons (Fsp3) is 0.273. The molecule has 150 valence electrons. The van der Waals surface area contributed by atoms with Crippen LogP contribution in [0.15, 0.2) is 53.3 Å². The molecular formula is C22H25N5O2. The first-order valence-electron chi connectivity index (χ1n) is 9.30. The van der Waals surface area contributed by atoms with Crippen LogP contribution in [0.3, 0.4) is 0 Å². The largest absolute Gasteiger partial charge is 0.378 e. The molecule has 0 fully saturated rings. The Hall–Kier alpha value is -3.48. The number of hydrogen-bond donors (Lipinski definition) is 0. The fourth-order valence-corrected chi connectivity index (χ4v) is 2.96. The van der Waals surface area contributed by atoms with Crippen molar-refractivity contribution in [1.82, 2.24) is 14.8 Å². The Morgan fingerprint density at radius 2 is 1.28 bits per heavy atom. The van der Waals surface area contributed by atoms with Crippen molar-refractivity contribution in [3.63, 3.8) is 0 Å². The fourth-order valence-electron chi connectivity index (χ4n) is 2.96. The molecular weight excluding hydrogens is 366 g/mol. The molecule has 0 amide bonds. The Kier molecular flexibility index (Phi) is 5.77. The van der Waals surface area contributed by atoms with Crippen molar-refractivity contribution in [3.05, 3.63) is 59.0 Å². The number of Topliss-reactive ketones (excluding diaryl/α,β-unsaturated/α-hetero) is 1. The monoisotopic (exact) mass is 391 g/mol. The van der Waals surface area contributed by atoms with Crippen LogP contribution in [-0.2, 0) is 11.3 Å².